The number of anilines is 3. The van der Waals surface area contributed by atoms with Crippen LogP contribution >= 0.6 is 0 Å². The van der Waals surface area contributed by atoms with Crippen molar-refractivity contribution in [2.24, 2.45) is 0 Å². The van der Waals surface area contributed by atoms with Crippen LogP contribution in [0.3, 0.4) is 0 Å². The van der Waals surface area contributed by atoms with Crippen LogP contribution in [0.25, 0.3) is 0 Å². The van der Waals surface area contributed by atoms with Gasteiger partial charge in [-0.05, 0) is 13.0 Å². The summed E-state index contributed by atoms with van der Waals surface area (Å²) in [6.45, 7) is 2.40. The van der Waals surface area contributed by atoms with Gasteiger partial charge in [-0.1, -0.05) is 0 Å². The SMILES string of the molecule is CCNc1cncc(Nc2c(F)c(F)c(F)c(F)c2F)c1. The molecule has 0 aliphatic rings. The molecule has 0 fully saturated rings. The molecule has 112 valence electrons. The Morgan fingerprint density at radius 1 is 0.857 bits per heavy atom. The van der Waals surface area contributed by atoms with Crippen LogP contribution in [-0.4, -0.2) is 11.5 Å². The molecule has 2 N–H and O–H groups in total. The highest BCUT2D eigenvalue weighted by molar-refractivity contribution is 5.64. The number of hydrogen-bond acceptors (Lipinski definition) is 3. The van der Waals surface area contributed by atoms with Gasteiger partial charge in [0.1, 0.15) is 5.69 Å². The highest BCUT2D eigenvalue weighted by atomic mass is 19.2. The fourth-order valence-electron chi connectivity index (χ4n) is 1.67. The van der Waals surface area contributed by atoms with Crippen molar-refractivity contribution in [1.29, 1.82) is 0 Å². The smallest absolute Gasteiger partial charge is 0.200 e. The van der Waals surface area contributed by atoms with Gasteiger partial charge in [-0.3, -0.25) is 4.98 Å². The van der Waals surface area contributed by atoms with Crippen LogP contribution in [0.1, 0.15) is 6.92 Å². The lowest BCUT2D eigenvalue weighted by molar-refractivity contribution is 0.382. The zero-order valence-electron chi connectivity index (χ0n) is 10.8. The largest absolute Gasteiger partial charge is 0.384 e. The highest BCUT2D eigenvalue weighted by Crippen LogP contribution is 2.29. The average molecular weight is 303 g/mol. The monoisotopic (exact) mass is 303 g/mol. The molecule has 0 saturated carbocycles. The lowest BCUT2D eigenvalue weighted by Crippen LogP contribution is -2.07. The number of hydrogen-bond donors (Lipinski definition) is 2. The zero-order chi connectivity index (χ0) is 15.6. The van der Waals surface area contributed by atoms with E-state index in [0.717, 1.165) is 0 Å². The summed E-state index contributed by atoms with van der Waals surface area (Å²) in [5.41, 5.74) is -0.509. The van der Waals surface area contributed by atoms with E-state index in [4.69, 9.17) is 0 Å². The third kappa shape index (κ3) is 2.88. The van der Waals surface area contributed by atoms with E-state index in [9.17, 15) is 22.0 Å². The minimum absolute atomic E-state index is 0.0802. The Bertz CT molecular complexity index is 646. The summed E-state index contributed by atoms with van der Waals surface area (Å²) >= 11 is 0. The Morgan fingerprint density at radius 2 is 1.38 bits per heavy atom. The van der Waals surface area contributed by atoms with Gasteiger partial charge in [0.15, 0.2) is 23.3 Å². The molecule has 2 rings (SSSR count). The third-order valence-electron chi connectivity index (χ3n) is 2.60. The van der Waals surface area contributed by atoms with Crippen molar-refractivity contribution in [3.8, 4) is 0 Å². The molecule has 1 aromatic carbocycles. The summed E-state index contributed by atoms with van der Waals surface area (Å²) in [6.07, 6.45) is 2.64. The molecule has 0 amide bonds. The molecule has 0 atom stereocenters. The lowest BCUT2D eigenvalue weighted by atomic mass is 10.2. The predicted octanol–water partition coefficient (Wildman–Crippen LogP) is 3.95. The Hall–Kier alpha value is -2.38. The van der Waals surface area contributed by atoms with Crippen molar-refractivity contribution in [3.05, 3.63) is 47.5 Å². The summed E-state index contributed by atoms with van der Waals surface area (Å²) in [7, 11) is 0. The van der Waals surface area contributed by atoms with E-state index in [2.05, 4.69) is 15.6 Å². The standard InChI is InChI=1S/C13H10F5N3/c1-2-20-6-3-7(5-19-4-6)21-13-11(17)9(15)8(14)10(16)12(13)18/h3-5,20-21H,2H2,1H3. The highest BCUT2D eigenvalue weighted by Gasteiger charge is 2.25. The number of halogens is 5. The summed E-state index contributed by atoms with van der Waals surface area (Å²) < 4.78 is 66.1. The molecule has 0 saturated heterocycles. The van der Waals surface area contributed by atoms with Gasteiger partial charge >= 0.3 is 0 Å². The second-order valence-electron chi connectivity index (χ2n) is 4.06. The fourth-order valence-corrected chi connectivity index (χ4v) is 1.67. The number of nitrogens with zero attached hydrogens (tertiary/aromatic N) is 1. The number of aromatic nitrogens is 1. The molecule has 0 radical (unpaired) electrons. The zero-order valence-corrected chi connectivity index (χ0v) is 10.8. The molecule has 0 aliphatic carbocycles. The topological polar surface area (TPSA) is 37.0 Å². The van der Waals surface area contributed by atoms with Crippen LogP contribution < -0.4 is 10.6 Å². The summed E-state index contributed by atoms with van der Waals surface area (Å²) in [4.78, 5) is 3.79. The number of nitrogens with one attached hydrogen (secondary N) is 2. The van der Waals surface area contributed by atoms with Crippen LogP contribution in [0.5, 0.6) is 0 Å². The van der Waals surface area contributed by atoms with Crippen molar-refractivity contribution in [1.82, 2.24) is 4.98 Å². The van der Waals surface area contributed by atoms with Gasteiger partial charge in [-0.15, -0.1) is 0 Å². The van der Waals surface area contributed by atoms with E-state index >= 15 is 0 Å². The molecule has 1 aromatic heterocycles. The normalized spacial score (nSPS) is 10.6. The van der Waals surface area contributed by atoms with Gasteiger partial charge in [0.2, 0.25) is 5.82 Å². The molecule has 2 aromatic rings. The van der Waals surface area contributed by atoms with E-state index in [1.54, 1.807) is 0 Å². The third-order valence-corrected chi connectivity index (χ3v) is 2.60. The summed E-state index contributed by atoms with van der Waals surface area (Å²) in [5.74, 6) is -10.1. The second kappa shape index (κ2) is 5.94. The molecule has 8 heteroatoms. The van der Waals surface area contributed by atoms with Crippen molar-refractivity contribution in [2.45, 2.75) is 6.92 Å². The maximum absolute atomic E-state index is 13.5. The molecule has 0 bridgehead atoms. The summed E-state index contributed by atoms with van der Waals surface area (Å²) in [5, 5.41) is 5.05. The van der Waals surface area contributed by atoms with E-state index in [1.165, 1.54) is 18.5 Å². The van der Waals surface area contributed by atoms with E-state index in [1.807, 2.05) is 6.92 Å². The molecule has 3 nitrogen and oxygen atoms in total. The minimum Gasteiger partial charge on any atom is -0.384 e. The lowest BCUT2D eigenvalue weighted by Gasteiger charge is -2.11. The maximum atomic E-state index is 13.5. The first kappa shape index (κ1) is 15.0. The first-order valence-corrected chi connectivity index (χ1v) is 5.93. The number of benzene rings is 1. The Morgan fingerprint density at radius 3 is 1.95 bits per heavy atom. The van der Waals surface area contributed by atoms with Crippen LogP contribution in [0.2, 0.25) is 0 Å². The van der Waals surface area contributed by atoms with Crippen LogP contribution in [-0.2, 0) is 0 Å². The average Bonchev–Trinajstić information content (AvgIpc) is 2.48. The molecule has 1 heterocycles. The second-order valence-corrected chi connectivity index (χ2v) is 4.06. The van der Waals surface area contributed by atoms with Gasteiger partial charge in [-0.2, -0.15) is 0 Å². The van der Waals surface area contributed by atoms with E-state index < -0.39 is 34.8 Å². The number of pyridine rings is 1. The van der Waals surface area contributed by atoms with Crippen molar-refractivity contribution >= 4 is 17.1 Å². The first-order chi connectivity index (χ1) is 9.95. The molecular formula is C13H10F5N3. The minimum atomic E-state index is -2.20. The molecule has 0 unspecified atom stereocenters. The Balaban J connectivity index is 2.42. The van der Waals surface area contributed by atoms with Gasteiger partial charge < -0.3 is 10.6 Å². The van der Waals surface area contributed by atoms with Gasteiger partial charge in [0.25, 0.3) is 0 Å². The Kier molecular flexibility index (Phi) is 4.25. The molecule has 0 aliphatic heterocycles. The predicted molar refractivity (Wildman–Crippen MR) is 67.9 cm³/mol. The van der Waals surface area contributed by atoms with Crippen LogP contribution in [0.4, 0.5) is 39.0 Å². The van der Waals surface area contributed by atoms with Crippen molar-refractivity contribution in [3.63, 3.8) is 0 Å². The molecule has 0 spiro atoms. The maximum Gasteiger partial charge on any atom is 0.200 e. The van der Waals surface area contributed by atoms with Crippen LogP contribution in [0.15, 0.2) is 18.5 Å². The first-order valence-electron chi connectivity index (χ1n) is 5.93. The van der Waals surface area contributed by atoms with Crippen molar-refractivity contribution < 1.29 is 22.0 Å². The van der Waals surface area contributed by atoms with E-state index in [0.29, 0.717) is 12.2 Å². The molecule has 21 heavy (non-hydrogen) atoms. The van der Waals surface area contributed by atoms with Crippen LogP contribution in [0, 0.1) is 29.1 Å². The van der Waals surface area contributed by atoms with Gasteiger partial charge in [-0.25, -0.2) is 22.0 Å². The Labute approximate surface area is 116 Å². The van der Waals surface area contributed by atoms with Crippen molar-refractivity contribution in [2.75, 3.05) is 17.2 Å². The summed E-state index contributed by atoms with van der Waals surface area (Å²) in [6, 6.07) is 1.43. The van der Waals surface area contributed by atoms with Gasteiger partial charge in [0, 0.05) is 6.54 Å². The van der Waals surface area contributed by atoms with E-state index in [-0.39, 0.29) is 5.69 Å². The molecular weight excluding hydrogens is 293 g/mol. The quantitative estimate of drug-likeness (QED) is 0.510. The fraction of sp³-hybridized carbons (Fsp3) is 0.154. The van der Waals surface area contributed by atoms with Gasteiger partial charge in [0.05, 0.1) is 23.8 Å². The number of rotatable bonds is 4.